The van der Waals surface area contributed by atoms with Crippen molar-refractivity contribution in [3.05, 3.63) is 27.5 Å². The number of nitrogens with zero attached hydrogens (tertiary/aromatic N) is 2. The van der Waals surface area contributed by atoms with Crippen LogP contribution in [0.25, 0.3) is 0 Å². The van der Waals surface area contributed by atoms with Crippen molar-refractivity contribution >= 4 is 23.0 Å². The van der Waals surface area contributed by atoms with Gasteiger partial charge in [0.2, 0.25) is 0 Å². The predicted octanol–water partition coefficient (Wildman–Crippen LogP) is 0.798. The third kappa shape index (κ3) is 3.02. The van der Waals surface area contributed by atoms with E-state index in [9.17, 15) is 10.1 Å². The summed E-state index contributed by atoms with van der Waals surface area (Å²) in [6.07, 6.45) is 2.29. The molecule has 0 atom stereocenters. The van der Waals surface area contributed by atoms with Gasteiger partial charge in [0.25, 0.3) is 0 Å². The first-order chi connectivity index (χ1) is 7.93. The van der Waals surface area contributed by atoms with E-state index in [0.29, 0.717) is 0 Å². The molecule has 0 saturated carbocycles. The molecule has 17 heavy (non-hydrogen) atoms. The van der Waals surface area contributed by atoms with Gasteiger partial charge in [-0.05, 0) is 6.92 Å². The maximum Gasteiger partial charge on any atom is 0.311 e. The maximum atomic E-state index is 10.8. The van der Waals surface area contributed by atoms with Gasteiger partial charge in [-0.25, -0.2) is 0 Å². The van der Waals surface area contributed by atoms with Crippen LogP contribution in [0.1, 0.15) is 6.92 Å². The largest absolute Gasteiger partial charge is 0.394 e. The Bertz CT molecular complexity index is 423. The third-order valence-electron chi connectivity index (χ3n) is 2.20. The fourth-order valence-electron chi connectivity index (χ4n) is 1.12. The first-order valence-electron chi connectivity index (χ1n) is 4.71. The van der Waals surface area contributed by atoms with Crippen LogP contribution in [-0.2, 0) is 0 Å². The molecule has 0 aliphatic rings. The van der Waals surface area contributed by atoms with Gasteiger partial charge in [0, 0.05) is 6.20 Å². The minimum Gasteiger partial charge on any atom is -0.394 e. The molecule has 1 aromatic rings. The molecule has 0 amide bonds. The van der Waals surface area contributed by atoms with E-state index in [2.05, 4.69) is 10.3 Å². The first kappa shape index (κ1) is 13.6. The topological polar surface area (TPSA) is 109 Å². The minimum atomic E-state index is -1.10. The number of aromatic nitrogens is 1. The molecule has 0 spiro atoms. The molecule has 0 radical (unpaired) electrons. The predicted molar refractivity (Wildman–Crippen MR) is 62.1 cm³/mol. The van der Waals surface area contributed by atoms with Crippen molar-refractivity contribution in [3.8, 4) is 0 Å². The lowest BCUT2D eigenvalue weighted by atomic mass is 10.1. The Morgan fingerprint density at radius 3 is 2.59 bits per heavy atom. The smallest absolute Gasteiger partial charge is 0.311 e. The van der Waals surface area contributed by atoms with Gasteiger partial charge in [-0.2, -0.15) is 0 Å². The van der Waals surface area contributed by atoms with Crippen LogP contribution < -0.4 is 5.32 Å². The average Bonchev–Trinajstić information content (AvgIpc) is 2.31. The minimum absolute atomic E-state index is 0.0252. The summed E-state index contributed by atoms with van der Waals surface area (Å²) in [5, 5.41) is 31.7. The summed E-state index contributed by atoms with van der Waals surface area (Å²) in [6, 6.07) is 0. The van der Waals surface area contributed by atoms with Gasteiger partial charge in [-0.15, -0.1) is 0 Å². The SMILES string of the molecule is CC(CO)(CO)Nc1c(Cl)cncc1[N+](=O)[O-]. The van der Waals surface area contributed by atoms with E-state index < -0.39 is 23.7 Å². The highest BCUT2D eigenvalue weighted by Crippen LogP contribution is 2.32. The Hall–Kier alpha value is -1.44. The van der Waals surface area contributed by atoms with E-state index in [1.54, 1.807) is 0 Å². The summed E-state index contributed by atoms with van der Waals surface area (Å²) in [5.74, 6) is 0. The van der Waals surface area contributed by atoms with E-state index in [1.807, 2.05) is 0 Å². The normalized spacial score (nSPS) is 11.3. The molecule has 1 heterocycles. The van der Waals surface area contributed by atoms with Crippen LogP contribution in [0, 0.1) is 10.1 Å². The quantitative estimate of drug-likeness (QED) is 0.534. The van der Waals surface area contributed by atoms with Gasteiger partial charge in [-0.1, -0.05) is 11.6 Å². The molecule has 0 aliphatic heterocycles. The van der Waals surface area contributed by atoms with Crippen LogP contribution in [0.3, 0.4) is 0 Å². The van der Waals surface area contributed by atoms with Crippen molar-refractivity contribution in [2.45, 2.75) is 12.5 Å². The Morgan fingerprint density at radius 1 is 1.53 bits per heavy atom. The second-order valence-electron chi connectivity index (χ2n) is 3.77. The first-order valence-corrected chi connectivity index (χ1v) is 5.09. The lowest BCUT2D eigenvalue weighted by molar-refractivity contribution is -0.384. The van der Waals surface area contributed by atoms with E-state index in [1.165, 1.54) is 13.1 Å². The Balaban J connectivity index is 3.17. The molecule has 0 aromatic carbocycles. The molecule has 0 saturated heterocycles. The van der Waals surface area contributed by atoms with Crippen molar-refractivity contribution < 1.29 is 15.1 Å². The standard InChI is InChI=1S/C9H12ClN3O4/c1-9(4-14,5-15)12-8-6(10)2-11-3-7(8)13(16)17/h2-3,14-15H,4-5H2,1H3,(H,11,12). The van der Waals surface area contributed by atoms with Gasteiger partial charge in [0.05, 0.1) is 28.7 Å². The molecule has 0 fully saturated rings. The van der Waals surface area contributed by atoms with Crippen LogP contribution in [0.5, 0.6) is 0 Å². The monoisotopic (exact) mass is 261 g/mol. The molecule has 8 heteroatoms. The molecule has 0 bridgehead atoms. The third-order valence-corrected chi connectivity index (χ3v) is 2.49. The number of nitrogens with one attached hydrogen (secondary N) is 1. The van der Waals surface area contributed by atoms with Crippen LogP contribution in [0.2, 0.25) is 5.02 Å². The molecule has 0 aliphatic carbocycles. The van der Waals surface area contributed by atoms with E-state index >= 15 is 0 Å². The number of pyridine rings is 1. The zero-order valence-electron chi connectivity index (χ0n) is 9.05. The lowest BCUT2D eigenvalue weighted by Crippen LogP contribution is -2.42. The van der Waals surface area contributed by atoms with E-state index in [4.69, 9.17) is 21.8 Å². The van der Waals surface area contributed by atoms with Crippen LogP contribution in [0.4, 0.5) is 11.4 Å². The zero-order valence-corrected chi connectivity index (χ0v) is 9.81. The summed E-state index contributed by atoms with van der Waals surface area (Å²) in [4.78, 5) is 13.7. The van der Waals surface area contributed by atoms with E-state index in [0.717, 1.165) is 6.20 Å². The second-order valence-corrected chi connectivity index (χ2v) is 4.18. The van der Waals surface area contributed by atoms with Crippen molar-refractivity contribution in [2.24, 2.45) is 0 Å². The number of anilines is 1. The molecule has 0 unspecified atom stereocenters. The summed E-state index contributed by atoms with van der Waals surface area (Å²) in [6.45, 7) is 0.700. The molecule has 1 aromatic heterocycles. The highest BCUT2D eigenvalue weighted by Gasteiger charge is 2.27. The van der Waals surface area contributed by atoms with Crippen LogP contribution in [-0.4, -0.2) is 38.9 Å². The summed E-state index contributed by atoms with van der Waals surface area (Å²) in [5.41, 5.74) is -1.39. The van der Waals surface area contributed by atoms with Crippen molar-refractivity contribution in [1.82, 2.24) is 4.98 Å². The molecule has 7 nitrogen and oxygen atoms in total. The van der Waals surface area contributed by atoms with Gasteiger partial charge in [0.1, 0.15) is 11.9 Å². The second kappa shape index (κ2) is 5.26. The fraction of sp³-hybridized carbons (Fsp3) is 0.444. The zero-order chi connectivity index (χ0) is 13.1. The van der Waals surface area contributed by atoms with Gasteiger partial charge in [0.15, 0.2) is 0 Å². The number of nitro groups is 1. The summed E-state index contributed by atoms with van der Waals surface area (Å²) in [7, 11) is 0. The number of halogens is 1. The number of aliphatic hydroxyl groups excluding tert-OH is 2. The summed E-state index contributed by atoms with van der Waals surface area (Å²) >= 11 is 5.80. The maximum absolute atomic E-state index is 10.8. The van der Waals surface area contributed by atoms with Gasteiger partial charge in [-0.3, -0.25) is 15.1 Å². The lowest BCUT2D eigenvalue weighted by Gasteiger charge is -2.27. The number of hydrogen-bond acceptors (Lipinski definition) is 6. The van der Waals surface area contributed by atoms with Gasteiger partial charge >= 0.3 is 5.69 Å². The van der Waals surface area contributed by atoms with Crippen molar-refractivity contribution in [1.29, 1.82) is 0 Å². The molecular weight excluding hydrogens is 250 g/mol. The van der Waals surface area contributed by atoms with Gasteiger partial charge < -0.3 is 15.5 Å². The fourth-order valence-corrected chi connectivity index (χ4v) is 1.32. The summed E-state index contributed by atoms with van der Waals surface area (Å²) < 4.78 is 0. The molecule has 3 N–H and O–H groups in total. The van der Waals surface area contributed by atoms with Crippen molar-refractivity contribution in [2.75, 3.05) is 18.5 Å². The Morgan fingerprint density at radius 2 is 2.12 bits per heavy atom. The Kier molecular flexibility index (Phi) is 4.22. The number of hydrogen-bond donors (Lipinski definition) is 3. The van der Waals surface area contributed by atoms with Crippen molar-refractivity contribution in [3.63, 3.8) is 0 Å². The Labute approximate surface area is 102 Å². The molecular formula is C9H12ClN3O4. The van der Waals surface area contributed by atoms with E-state index in [-0.39, 0.29) is 16.4 Å². The number of rotatable bonds is 5. The average molecular weight is 262 g/mol. The van der Waals surface area contributed by atoms with Crippen LogP contribution >= 0.6 is 11.6 Å². The van der Waals surface area contributed by atoms with Crippen LogP contribution in [0.15, 0.2) is 12.4 Å². The number of aliphatic hydroxyl groups is 2. The molecule has 1 rings (SSSR count). The molecule has 94 valence electrons. The highest BCUT2D eigenvalue weighted by molar-refractivity contribution is 6.33. The highest BCUT2D eigenvalue weighted by atomic mass is 35.5.